The molecule has 1 heterocycles. The lowest BCUT2D eigenvalue weighted by Crippen LogP contribution is -2.30. The average molecular weight is 302 g/mol. The molecule has 2 N–H and O–H groups in total. The van der Waals surface area contributed by atoms with Gasteiger partial charge in [0.25, 0.3) is 0 Å². The minimum atomic E-state index is -0.0688. The Morgan fingerprint density at radius 3 is 3.11 bits per heavy atom. The van der Waals surface area contributed by atoms with Crippen molar-refractivity contribution in [2.75, 3.05) is 32.1 Å². The van der Waals surface area contributed by atoms with Gasteiger partial charge in [-0.1, -0.05) is 0 Å². The molecular formula is C12H16ClN3O2S. The first-order valence-corrected chi connectivity index (χ1v) is 6.50. The zero-order valence-corrected chi connectivity index (χ0v) is 12.1. The molecule has 0 fully saturated rings. The lowest BCUT2D eigenvalue weighted by molar-refractivity contribution is -0.115. The molecule has 1 aromatic heterocycles. The van der Waals surface area contributed by atoms with E-state index in [1.54, 1.807) is 24.0 Å². The number of fused-ring (bicyclic) bond motifs is 1. The van der Waals surface area contributed by atoms with Gasteiger partial charge in [-0.2, -0.15) is 0 Å². The lowest BCUT2D eigenvalue weighted by atomic mass is 10.3. The molecule has 1 aromatic carbocycles. The maximum atomic E-state index is 11.6. The van der Waals surface area contributed by atoms with Crippen molar-refractivity contribution in [1.82, 2.24) is 10.3 Å². The SMILES string of the molecule is COCCNCC(=O)Nc1ccc2scnc2c1.Cl. The second-order valence-corrected chi connectivity index (χ2v) is 4.64. The zero-order chi connectivity index (χ0) is 12.8. The molecule has 5 nitrogen and oxygen atoms in total. The quantitative estimate of drug-likeness (QED) is 0.800. The fraction of sp³-hybridized carbons (Fsp3) is 0.333. The fourth-order valence-electron chi connectivity index (χ4n) is 1.52. The van der Waals surface area contributed by atoms with Gasteiger partial charge >= 0.3 is 0 Å². The van der Waals surface area contributed by atoms with E-state index < -0.39 is 0 Å². The van der Waals surface area contributed by atoms with Crippen molar-refractivity contribution in [3.63, 3.8) is 0 Å². The molecule has 0 aliphatic carbocycles. The first-order valence-electron chi connectivity index (χ1n) is 5.62. The fourth-order valence-corrected chi connectivity index (χ4v) is 2.18. The molecule has 104 valence electrons. The summed E-state index contributed by atoms with van der Waals surface area (Å²) in [6.45, 7) is 1.53. The van der Waals surface area contributed by atoms with E-state index in [0.717, 1.165) is 15.9 Å². The highest BCUT2D eigenvalue weighted by Crippen LogP contribution is 2.21. The van der Waals surface area contributed by atoms with Crippen LogP contribution in [0.2, 0.25) is 0 Å². The maximum Gasteiger partial charge on any atom is 0.238 e. The van der Waals surface area contributed by atoms with Gasteiger partial charge in [-0.05, 0) is 18.2 Å². The van der Waals surface area contributed by atoms with Gasteiger partial charge in [-0.25, -0.2) is 4.98 Å². The molecule has 0 spiro atoms. The molecule has 0 aliphatic heterocycles. The van der Waals surface area contributed by atoms with Crippen LogP contribution in [0.15, 0.2) is 23.7 Å². The number of carbonyl (C=O) groups excluding carboxylic acids is 1. The minimum Gasteiger partial charge on any atom is -0.383 e. The zero-order valence-electron chi connectivity index (χ0n) is 10.5. The normalized spacial score (nSPS) is 10.2. The number of ether oxygens (including phenoxy) is 1. The van der Waals surface area contributed by atoms with Gasteiger partial charge in [0.15, 0.2) is 0 Å². The molecular weight excluding hydrogens is 286 g/mol. The number of halogens is 1. The summed E-state index contributed by atoms with van der Waals surface area (Å²) in [6, 6.07) is 5.72. The summed E-state index contributed by atoms with van der Waals surface area (Å²) < 4.78 is 6.00. The van der Waals surface area contributed by atoms with Crippen molar-refractivity contribution in [2.45, 2.75) is 0 Å². The number of methoxy groups -OCH3 is 1. The molecule has 0 saturated carbocycles. The molecule has 19 heavy (non-hydrogen) atoms. The van der Waals surface area contributed by atoms with Crippen LogP contribution >= 0.6 is 23.7 Å². The van der Waals surface area contributed by atoms with Crippen molar-refractivity contribution < 1.29 is 9.53 Å². The van der Waals surface area contributed by atoms with Crippen molar-refractivity contribution in [3.8, 4) is 0 Å². The van der Waals surface area contributed by atoms with Crippen LogP contribution < -0.4 is 10.6 Å². The van der Waals surface area contributed by atoms with E-state index in [0.29, 0.717) is 13.2 Å². The molecule has 0 saturated heterocycles. The summed E-state index contributed by atoms with van der Waals surface area (Å²) in [5.74, 6) is -0.0688. The van der Waals surface area contributed by atoms with Crippen LogP contribution in [0.25, 0.3) is 10.2 Å². The predicted octanol–water partition coefficient (Wildman–Crippen LogP) is 1.89. The van der Waals surface area contributed by atoms with Crippen LogP contribution in [0, 0.1) is 0 Å². The van der Waals surface area contributed by atoms with Gasteiger partial charge in [0.1, 0.15) is 0 Å². The third kappa shape index (κ3) is 4.76. The molecule has 0 atom stereocenters. The van der Waals surface area contributed by atoms with E-state index in [9.17, 15) is 4.79 Å². The Labute approximate surface area is 121 Å². The smallest absolute Gasteiger partial charge is 0.238 e. The number of hydrogen-bond donors (Lipinski definition) is 2. The Kier molecular flexibility index (Phi) is 6.72. The summed E-state index contributed by atoms with van der Waals surface area (Å²) in [4.78, 5) is 15.8. The van der Waals surface area contributed by atoms with E-state index in [1.807, 2.05) is 18.2 Å². The number of benzene rings is 1. The number of rotatable bonds is 6. The molecule has 0 unspecified atom stereocenters. The van der Waals surface area contributed by atoms with Crippen molar-refractivity contribution >= 4 is 45.6 Å². The highest BCUT2D eigenvalue weighted by Gasteiger charge is 2.03. The molecule has 2 aromatic rings. The van der Waals surface area contributed by atoms with Gasteiger partial charge < -0.3 is 15.4 Å². The van der Waals surface area contributed by atoms with Crippen molar-refractivity contribution in [3.05, 3.63) is 23.7 Å². The Bertz CT molecular complexity index is 532. The third-order valence-corrected chi connectivity index (χ3v) is 3.19. The Balaban J connectivity index is 0.00000180. The molecule has 2 rings (SSSR count). The van der Waals surface area contributed by atoms with Crippen LogP contribution in [-0.4, -0.2) is 37.7 Å². The molecule has 0 aliphatic rings. The Hall–Kier alpha value is -1.21. The van der Waals surface area contributed by atoms with Crippen LogP contribution in [0.4, 0.5) is 5.69 Å². The molecule has 0 radical (unpaired) electrons. The monoisotopic (exact) mass is 301 g/mol. The summed E-state index contributed by atoms with van der Waals surface area (Å²) in [6.07, 6.45) is 0. The highest BCUT2D eigenvalue weighted by molar-refractivity contribution is 7.16. The number of thiazole rings is 1. The summed E-state index contributed by atoms with van der Waals surface area (Å²) in [7, 11) is 1.63. The second kappa shape index (κ2) is 8.06. The van der Waals surface area contributed by atoms with Gasteiger partial charge in [-0.15, -0.1) is 23.7 Å². The van der Waals surface area contributed by atoms with Crippen LogP contribution in [-0.2, 0) is 9.53 Å². The van der Waals surface area contributed by atoms with Crippen LogP contribution in [0.3, 0.4) is 0 Å². The number of anilines is 1. The predicted molar refractivity (Wildman–Crippen MR) is 80.2 cm³/mol. The van der Waals surface area contributed by atoms with Crippen LogP contribution in [0.1, 0.15) is 0 Å². The lowest BCUT2D eigenvalue weighted by Gasteiger charge is -2.06. The number of hydrogen-bond acceptors (Lipinski definition) is 5. The summed E-state index contributed by atoms with van der Waals surface area (Å²) in [5, 5.41) is 5.81. The van der Waals surface area contributed by atoms with E-state index in [-0.39, 0.29) is 24.9 Å². The summed E-state index contributed by atoms with van der Waals surface area (Å²) >= 11 is 1.58. The first-order chi connectivity index (χ1) is 8.79. The number of nitrogens with zero attached hydrogens (tertiary/aromatic N) is 1. The van der Waals surface area contributed by atoms with Crippen LogP contribution in [0.5, 0.6) is 0 Å². The Morgan fingerprint density at radius 1 is 1.47 bits per heavy atom. The van der Waals surface area contributed by atoms with Gasteiger partial charge in [0.2, 0.25) is 5.91 Å². The topological polar surface area (TPSA) is 63.2 Å². The van der Waals surface area contributed by atoms with Crippen molar-refractivity contribution in [1.29, 1.82) is 0 Å². The number of carbonyl (C=O) groups is 1. The van der Waals surface area contributed by atoms with E-state index in [4.69, 9.17) is 4.74 Å². The number of amides is 1. The standard InChI is InChI=1S/C12H15N3O2S.ClH/c1-17-5-4-13-7-12(16)15-9-2-3-11-10(6-9)14-8-18-11;/h2-3,6,8,13H,4-5,7H2,1H3,(H,15,16);1H. The average Bonchev–Trinajstić information content (AvgIpc) is 2.82. The van der Waals surface area contributed by atoms with E-state index in [2.05, 4.69) is 15.6 Å². The maximum absolute atomic E-state index is 11.6. The highest BCUT2D eigenvalue weighted by atomic mass is 35.5. The van der Waals surface area contributed by atoms with Gasteiger partial charge in [-0.3, -0.25) is 4.79 Å². The van der Waals surface area contributed by atoms with Gasteiger partial charge in [0, 0.05) is 19.3 Å². The first kappa shape index (κ1) is 15.8. The van der Waals surface area contributed by atoms with Crippen molar-refractivity contribution in [2.24, 2.45) is 0 Å². The molecule has 7 heteroatoms. The second-order valence-electron chi connectivity index (χ2n) is 3.75. The van der Waals surface area contributed by atoms with E-state index >= 15 is 0 Å². The molecule has 1 amide bonds. The largest absolute Gasteiger partial charge is 0.383 e. The summed E-state index contributed by atoms with van der Waals surface area (Å²) in [5.41, 5.74) is 3.47. The number of nitrogens with one attached hydrogen (secondary N) is 2. The minimum absolute atomic E-state index is 0. The van der Waals surface area contributed by atoms with Gasteiger partial charge in [0.05, 0.1) is 28.9 Å². The molecule has 0 bridgehead atoms. The van der Waals surface area contributed by atoms with E-state index in [1.165, 1.54) is 0 Å². The Morgan fingerprint density at radius 2 is 2.32 bits per heavy atom. The third-order valence-electron chi connectivity index (χ3n) is 2.38. The number of aromatic nitrogens is 1.